The molecule has 2 aliphatic rings. The number of fused-ring (bicyclic) bond motifs is 2. The fourth-order valence-electron chi connectivity index (χ4n) is 5.98. The maximum Gasteiger partial charge on any atom is 0.245 e. The van der Waals surface area contributed by atoms with Crippen molar-refractivity contribution >= 4 is 41.1 Å². The summed E-state index contributed by atoms with van der Waals surface area (Å²) in [6.45, 7) is 4.55. The third-order valence-electron chi connectivity index (χ3n) is 8.92. The third kappa shape index (κ3) is 9.99. The number of hydrogen-bond donors (Lipinski definition) is 4. The maximum absolute atomic E-state index is 14.7. The molecule has 0 unspecified atom stereocenters. The van der Waals surface area contributed by atoms with Gasteiger partial charge >= 0.3 is 0 Å². The van der Waals surface area contributed by atoms with Gasteiger partial charge in [-0.15, -0.1) is 0 Å². The zero-order valence-electron chi connectivity index (χ0n) is 28.2. The van der Waals surface area contributed by atoms with Gasteiger partial charge in [-0.25, -0.2) is 4.39 Å². The van der Waals surface area contributed by atoms with Gasteiger partial charge in [0.15, 0.2) is 0 Å². The zero-order chi connectivity index (χ0) is 35.8. The summed E-state index contributed by atoms with van der Waals surface area (Å²) in [6, 6.07) is 9.17. The number of nitrogens with zero attached hydrogens (tertiary/aromatic N) is 2. The van der Waals surface area contributed by atoms with Crippen molar-refractivity contribution in [3.05, 3.63) is 70.5 Å². The van der Waals surface area contributed by atoms with Crippen LogP contribution < -0.4 is 16.0 Å². The zero-order valence-corrected chi connectivity index (χ0v) is 28.9. The molecular weight excluding hydrogens is 657 g/mol. The van der Waals surface area contributed by atoms with E-state index in [0.29, 0.717) is 0 Å². The smallest absolute Gasteiger partial charge is 0.245 e. The van der Waals surface area contributed by atoms with E-state index in [0.717, 1.165) is 10.5 Å². The van der Waals surface area contributed by atoms with Crippen molar-refractivity contribution in [2.24, 2.45) is 5.92 Å². The van der Waals surface area contributed by atoms with Gasteiger partial charge in [0.25, 0.3) is 0 Å². The fourth-order valence-corrected chi connectivity index (χ4v) is 6.21. The van der Waals surface area contributed by atoms with E-state index in [9.17, 15) is 33.5 Å². The van der Waals surface area contributed by atoms with E-state index in [4.69, 9.17) is 16.3 Å². The van der Waals surface area contributed by atoms with Crippen molar-refractivity contribution in [1.82, 2.24) is 25.8 Å². The predicted molar refractivity (Wildman–Crippen MR) is 180 cm³/mol. The summed E-state index contributed by atoms with van der Waals surface area (Å²) in [5.41, 5.74) is 0.721. The number of amides is 5. The number of halogens is 2. The highest BCUT2D eigenvalue weighted by Crippen LogP contribution is 2.22. The van der Waals surface area contributed by atoms with Crippen molar-refractivity contribution in [1.29, 1.82) is 0 Å². The van der Waals surface area contributed by atoms with Crippen LogP contribution in [0.15, 0.2) is 48.5 Å². The summed E-state index contributed by atoms with van der Waals surface area (Å²) < 4.78 is 20.5. The highest BCUT2D eigenvalue weighted by Gasteiger charge is 2.39. The first-order chi connectivity index (χ1) is 23.2. The van der Waals surface area contributed by atoms with E-state index in [2.05, 4.69) is 16.0 Å². The molecule has 2 bridgehead atoms. The SMILES string of the molecule is CC(C)C[C@H]1NC(=O)CN(C(=O)Cc2c(F)cccc2Cl)C[C@H]2OCC[C@H](NC(=O)[C@H](Cc3ccccc3)NC(=O)[C@H](C)N(C)C1=O)[C@@H]2O. The van der Waals surface area contributed by atoms with E-state index >= 15 is 0 Å². The molecule has 4 N–H and O–H groups in total. The number of hydrogen-bond acceptors (Lipinski definition) is 7. The molecule has 49 heavy (non-hydrogen) atoms. The largest absolute Gasteiger partial charge is 0.388 e. The molecule has 0 radical (unpaired) electrons. The number of nitrogens with one attached hydrogen (secondary N) is 3. The summed E-state index contributed by atoms with van der Waals surface area (Å²) in [7, 11) is 1.44. The average molecular weight is 702 g/mol. The number of carbonyl (C=O) groups excluding carboxylic acids is 5. The van der Waals surface area contributed by atoms with E-state index in [1.807, 2.05) is 44.2 Å². The van der Waals surface area contributed by atoms with Crippen molar-refractivity contribution in [2.75, 3.05) is 26.7 Å². The minimum Gasteiger partial charge on any atom is -0.388 e. The van der Waals surface area contributed by atoms with Gasteiger partial charge in [-0.2, -0.15) is 0 Å². The lowest BCUT2D eigenvalue weighted by molar-refractivity contribution is -0.145. The number of aliphatic hydroxyl groups is 1. The van der Waals surface area contributed by atoms with E-state index in [1.165, 1.54) is 37.1 Å². The number of likely N-dealkylation sites (N-methyl/N-ethyl adjacent to an activating group) is 1. The van der Waals surface area contributed by atoms with Crippen LogP contribution in [0.1, 0.15) is 44.7 Å². The van der Waals surface area contributed by atoms with Crippen molar-refractivity contribution in [3.8, 4) is 0 Å². The van der Waals surface area contributed by atoms with E-state index in [1.54, 1.807) is 0 Å². The first kappa shape index (κ1) is 37.7. The first-order valence-corrected chi connectivity index (χ1v) is 16.8. The Morgan fingerprint density at radius 2 is 1.73 bits per heavy atom. The number of benzene rings is 2. The fraction of sp³-hybridized carbons (Fsp3) is 0.514. The topological polar surface area (TPSA) is 157 Å². The minimum atomic E-state index is -1.31. The molecule has 2 fully saturated rings. The van der Waals surface area contributed by atoms with E-state index < -0.39 is 84.7 Å². The minimum absolute atomic E-state index is 0.0352. The van der Waals surface area contributed by atoms with Crippen molar-refractivity contribution < 1.29 is 38.2 Å². The molecule has 2 aliphatic heterocycles. The molecule has 2 aromatic rings. The van der Waals surface area contributed by atoms with Gasteiger partial charge in [0, 0.05) is 30.7 Å². The van der Waals surface area contributed by atoms with Crippen LogP contribution in [0.3, 0.4) is 0 Å². The lowest BCUT2D eigenvalue weighted by Gasteiger charge is -2.38. The predicted octanol–water partition coefficient (Wildman–Crippen LogP) is 1.60. The quantitative estimate of drug-likeness (QED) is 0.357. The summed E-state index contributed by atoms with van der Waals surface area (Å²) in [5, 5.41) is 19.8. The summed E-state index contributed by atoms with van der Waals surface area (Å²) in [6.07, 6.45) is -2.22. The standard InChI is InChI=1S/C35H45ClFN5O7/c1-20(2)15-28-35(48)41(4)21(3)33(46)40-27(16-22-9-6-5-7-10-22)34(47)39-26-13-14-49-29(32(26)45)18-42(19-30(43)38-28)31(44)17-23-24(36)11-8-12-25(23)37/h5-12,20-21,26-29,32,45H,13-19H2,1-4H3,(H,38,43)(H,39,47)(H,40,46)/t21-,26-,27-,28+,29+,32-/m0/s1. The molecule has 2 saturated heterocycles. The van der Waals surface area contributed by atoms with Crippen molar-refractivity contribution in [3.63, 3.8) is 0 Å². The first-order valence-electron chi connectivity index (χ1n) is 16.5. The van der Waals surface area contributed by atoms with Crippen LogP contribution in [0.25, 0.3) is 0 Å². The lowest BCUT2D eigenvalue weighted by atomic mass is 9.97. The Labute approximate surface area is 290 Å². The van der Waals surface area contributed by atoms with Crippen LogP contribution in [0, 0.1) is 11.7 Å². The average Bonchev–Trinajstić information content (AvgIpc) is 3.06. The Morgan fingerprint density at radius 1 is 1.02 bits per heavy atom. The van der Waals surface area contributed by atoms with Crippen LogP contribution in [0.5, 0.6) is 0 Å². The summed E-state index contributed by atoms with van der Waals surface area (Å²) in [4.78, 5) is 70.6. The summed E-state index contributed by atoms with van der Waals surface area (Å²) >= 11 is 6.20. The van der Waals surface area contributed by atoms with Gasteiger partial charge in [0.1, 0.15) is 36.2 Å². The number of ether oxygens (including phenoxy) is 1. The molecule has 0 spiro atoms. The highest BCUT2D eigenvalue weighted by molar-refractivity contribution is 6.31. The Balaban J connectivity index is 1.70. The van der Waals surface area contributed by atoms with Crippen LogP contribution in [-0.2, 0) is 41.6 Å². The van der Waals surface area contributed by atoms with Crippen LogP contribution >= 0.6 is 11.6 Å². The second kappa shape index (κ2) is 17.0. The van der Waals surface area contributed by atoms with Crippen LogP contribution in [0.4, 0.5) is 4.39 Å². The van der Waals surface area contributed by atoms with Gasteiger partial charge in [-0.05, 0) is 43.4 Å². The molecular formula is C35H45ClFN5O7. The molecule has 266 valence electrons. The second-order valence-electron chi connectivity index (χ2n) is 13.1. The highest BCUT2D eigenvalue weighted by atomic mass is 35.5. The molecule has 12 nitrogen and oxygen atoms in total. The molecule has 0 saturated carbocycles. The molecule has 2 heterocycles. The van der Waals surface area contributed by atoms with Crippen LogP contribution in [0.2, 0.25) is 5.02 Å². The number of rotatable bonds is 6. The Kier molecular flexibility index (Phi) is 13.1. The molecule has 0 aromatic heterocycles. The Morgan fingerprint density at radius 3 is 2.41 bits per heavy atom. The summed E-state index contributed by atoms with van der Waals surface area (Å²) in [5.74, 6) is -3.76. The second-order valence-corrected chi connectivity index (χ2v) is 13.5. The molecule has 0 aliphatic carbocycles. The molecule has 2 aromatic carbocycles. The van der Waals surface area contributed by atoms with Crippen molar-refractivity contribution in [2.45, 2.75) is 82.8 Å². The van der Waals surface area contributed by atoms with Gasteiger partial charge in [0.2, 0.25) is 29.5 Å². The molecule has 5 amide bonds. The Hall–Kier alpha value is -4.07. The number of aliphatic hydroxyl groups excluding tert-OH is 1. The normalized spacial score (nSPS) is 26.1. The third-order valence-corrected chi connectivity index (χ3v) is 9.28. The van der Waals surface area contributed by atoms with E-state index in [-0.39, 0.29) is 48.9 Å². The molecule has 14 heteroatoms. The Bertz CT molecular complexity index is 1490. The van der Waals surface area contributed by atoms with Gasteiger partial charge in [-0.3, -0.25) is 24.0 Å². The van der Waals surface area contributed by atoms with Gasteiger partial charge < -0.3 is 35.6 Å². The monoisotopic (exact) mass is 701 g/mol. The molecule has 4 rings (SSSR count). The van der Waals surface area contributed by atoms with Crippen LogP contribution in [-0.4, -0.2) is 108 Å². The van der Waals surface area contributed by atoms with Gasteiger partial charge in [0.05, 0.1) is 25.6 Å². The maximum atomic E-state index is 14.7. The molecule has 6 atom stereocenters. The number of carbonyl (C=O) groups is 5. The van der Waals surface area contributed by atoms with Gasteiger partial charge in [-0.1, -0.05) is 61.8 Å². The lowest BCUT2D eigenvalue weighted by Crippen LogP contribution is -2.60.